The van der Waals surface area contributed by atoms with Gasteiger partial charge in [-0.1, -0.05) is 343 Å². The Balaban J connectivity index is 4.03. The van der Waals surface area contributed by atoms with Crippen molar-refractivity contribution in [1.82, 2.24) is 0 Å². The predicted molar refractivity (Wildman–Crippen MR) is 392 cm³/mol. The zero-order chi connectivity index (χ0) is 66.1. The molecule has 0 heterocycles. The molecular weight excluding hydrogens is 1130 g/mol. The Morgan fingerprint density at radius 2 is 0.626 bits per heavy atom. The molecule has 2 atom stereocenters. The maximum Gasteiger partial charge on any atom is 0.361 e. The van der Waals surface area contributed by atoms with Crippen molar-refractivity contribution in [2.24, 2.45) is 0 Å². The summed E-state index contributed by atoms with van der Waals surface area (Å²) >= 11 is 0. The Bertz CT molecular complexity index is 1770. The van der Waals surface area contributed by atoms with Crippen molar-refractivity contribution < 1.29 is 42.9 Å². The van der Waals surface area contributed by atoms with Crippen LogP contribution in [-0.2, 0) is 33.3 Å². The van der Waals surface area contributed by atoms with Crippen molar-refractivity contribution >= 4 is 17.9 Å². The molecule has 2 unspecified atom stereocenters. The van der Waals surface area contributed by atoms with Crippen molar-refractivity contribution in [3.8, 4) is 0 Å². The van der Waals surface area contributed by atoms with E-state index < -0.39 is 24.3 Å². The van der Waals surface area contributed by atoms with E-state index in [2.05, 4.69) is 98.9 Å². The van der Waals surface area contributed by atoms with Gasteiger partial charge in [0.25, 0.3) is 6.29 Å². The molecule has 0 aromatic heterocycles. The number of carbonyl (C=O) groups excluding carboxylic acids is 2. The lowest BCUT2D eigenvalue weighted by molar-refractivity contribution is -0.870. The maximum atomic E-state index is 13.0. The number of nitrogens with zero attached hydrogens (tertiary/aromatic N) is 1. The number of unbranched alkanes of at least 4 members (excludes halogenated alkanes) is 43. The summed E-state index contributed by atoms with van der Waals surface area (Å²) < 4.78 is 23.0. The van der Waals surface area contributed by atoms with E-state index in [0.29, 0.717) is 17.4 Å². The molecule has 0 rings (SSSR count). The monoisotopic (exact) mass is 1280 g/mol. The zero-order valence-electron chi connectivity index (χ0n) is 60.5. The number of rotatable bonds is 72. The van der Waals surface area contributed by atoms with Crippen LogP contribution in [0, 0.1) is 0 Å². The Morgan fingerprint density at radius 3 is 0.945 bits per heavy atom. The number of allylic oxidation sites excluding steroid dienone is 14. The van der Waals surface area contributed by atoms with Gasteiger partial charge in [0, 0.05) is 12.8 Å². The fourth-order valence-corrected chi connectivity index (χ4v) is 11.3. The molecule has 0 radical (unpaired) electrons. The van der Waals surface area contributed by atoms with Gasteiger partial charge in [-0.25, -0.2) is 4.79 Å². The standard InChI is InChI=1S/C82H147NO8/c1-6-8-10-12-14-16-18-20-22-24-26-28-30-32-34-36-38-39-40-41-43-44-46-48-50-52-54-56-58-60-62-64-66-68-70-72-79(84)89-76-78(77-90-82(81(86)87)88-75-74-83(3,4)5)91-80(85)73-71-69-67-65-63-61-59-57-55-53-51-49-47-45-42-37-35-33-31-29-27-25-23-21-19-17-15-13-11-9-7-2/h9,11,15,17,21,23-24,26-27,29,33,35,42,45,78,82H,6-8,10,12-14,16,18-20,22,25,28,30-32,34,36-41,43-44,46-77H2,1-5H3/p+1/b11-9-,17-15-,23-21-,26-24-,29-27-,35-33-,45-42-. The second-order valence-electron chi connectivity index (χ2n) is 27.3. The summed E-state index contributed by atoms with van der Waals surface area (Å²) in [7, 11) is 5.99. The molecule has 0 amide bonds. The number of carbonyl (C=O) groups is 3. The number of ether oxygens (including phenoxy) is 4. The smallest absolute Gasteiger partial charge is 0.361 e. The average molecular weight is 1280 g/mol. The van der Waals surface area contributed by atoms with Crippen LogP contribution < -0.4 is 0 Å². The van der Waals surface area contributed by atoms with Crippen molar-refractivity contribution in [3.05, 3.63) is 85.1 Å². The number of carboxylic acid groups (broad SMARTS) is 1. The van der Waals surface area contributed by atoms with Gasteiger partial charge in [-0.3, -0.25) is 9.59 Å². The molecule has 0 bridgehead atoms. The quantitative estimate of drug-likeness (QED) is 0.0211. The first-order chi connectivity index (χ1) is 44.6. The molecule has 0 saturated carbocycles. The minimum absolute atomic E-state index is 0.182. The first-order valence-electron chi connectivity index (χ1n) is 38.8. The summed E-state index contributed by atoms with van der Waals surface area (Å²) in [6, 6.07) is 0. The molecule has 0 aliphatic rings. The molecule has 0 fully saturated rings. The van der Waals surface area contributed by atoms with E-state index in [1.807, 2.05) is 21.1 Å². The largest absolute Gasteiger partial charge is 0.477 e. The lowest BCUT2D eigenvalue weighted by Gasteiger charge is -2.25. The van der Waals surface area contributed by atoms with Crippen LogP contribution in [-0.4, -0.2) is 87.4 Å². The topological polar surface area (TPSA) is 108 Å². The summed E-state index contributed by atoms with van der Waals surface area (Å²) in [5.41, 5.74) is 0. The summed E-state index contributed by atoms with van der Waals surface area (Å²) in [5.74, 6) is -1.99. The molecule has 0 aliphatic heterocycles. The second-order valence-corrected chi connectivity index (χ2v) is 27.3. The average Bonchev–Trinajstić information content (AvgIpc) is 3.65. The first kappa shape index (κ1) is 87.5. The molecule has 1 N–H and O–H groups in total. The van der Waals surface area contributed by atoms with Crippen molar-refractivity contribution in [2.75, 3.05) is 47.5 Å². The Labute approximate surface area is 563 Å². The molecular formula is C82H148NO8+. The lowest BCUT2D eigenvalue weighted by atomic mass is 10.0. The van der Waals surface area contributed by atoms with E-state index in [0.717, 1.165) is 83.5 Å². The Hall–Kier alpha value is -3.53. The van der Waals surface area contributed by atoms with Crippen LogP contribution in [0.4, 0.5) is 0 Å². The van der Waals surface area contributed by atoms with Gasteiger partial charge in [0.15, 0.2) is 6.10 Å². The number of esters is 2. The van der Waals surface area contributed by atoms with E-state index in [1.54, 1.807) is 0 Å². The Kier molecular flexibility index (Phi) is 69.5. The Morgan fingerprint density at radius 1 is 0.341 bits per heavy atom. The van der Waals surface area contributed by atoms with Crippen LogP contribution in [0.1, 0.15) is 361 Å². The third-order valence-electron chi connectivity index (χ3n) is 17.1. The molecule has 0 aromatic rings. The SMILES string of the molecule is CC/C=C\C/C=C\C/C=C\C/C=C\C/C=C\C/C=C\CCCCCCCCCCCCCCC(=O)OC(COC(=O)CCCCCCCCCCCCCCCCCCCCCCCCC/C=C\CCCCCCCCCC)COC(OCC[N+](C)(C)C)C(=O)O. The summed E-state index contributed by atoms with van der Waals surface area (Å²) in [6.07, 6.45) is 95.8. The van der Waals surface area contributed by atoms with Gasteiger partial charge in [0.2, 0.25) is 0 Å². The molecule has 0 saturated heterocycles. The minimum atomic E-state index is -1.51. The summed E-state index contributed by atoms with van der Waals surface area (Å²) in [4.78, 5) is 37.7. The summed E-state index contributed by atoms with van der Waals surface area (Å²) in [5, 5.41) is 9.77. The molecule has 9 heteroatoms. The van der Waals surface area contributed by atoms with Crippen LogP contribution in [0.25, 0.3) is 0 Å². The number of carboxylic acids is 1. The third-order valence-corrected chi connectivity index (χ3v) is 17.1. The predicted octanol–water partition coefficient (Wildman–Crippen LogP) is 24.6. The maximum absolute atomic E-state index is 13.0. The van der Waals surface area contributed by atoms with E-state index in [-0.39, 0.29) is 32.2 Å². The summed E-state index contributed by atoms with van der Waals surface area (Å²) in [6.45, 7) is 4.81. The molecule has 0 spiro atoms. The van der Waals surface area contributed by atoms with Crippen molar-refractivity contribution in [1.29, 1.82) is 0 Å². The van der Waals surface area contributed by atoms with Crippen molar-refractivity contribution in [3.63, 3.8) is 0 Å². The molecule has 0 aliphatic carbocycles. The normalized spacial score (nSPS) is 13.1. The highest BCUT2D eigenvalue weighted by atomic mass is 16.7. The van der Waals surface area contributed by atoms with Crippen LogP contribution in [0.5, 0.6) is 0 Å². The highest BCUT2D eigenvalue weighted by Crippen LogP contribution is 2.19. The second kappa shape index (κ2) is 72.3. The van der Waals surface area contributed by atoms with Crippen molar-refractivity contribution in [2.45, 2.75) is 373 Å². The number of hydrogen-bond acceptors (Lipinski definition) is 7. The van der Waals surface area contributed by atoms with Gasteiger partial charge in [-0.05, 0) is 89.9 Å². The van der Waals surface area contributed by atoms with Gasteiger partial charge in [0.05, 0.1) is 34.4 Å². The van der Waals surface area contributed by atoms with Gasteiger partial charge >= 0.3 is 17.9 Å². The molecule has 9 nitrogen and oxygen atoms in total. The highest BCUT2D eigenvalue weighted by molar-refractivity contribution is 5.71. The number of quaternary nitrogens is 1. The number of hydrogen-bond donors (Lipinski definition) is 1. The van der Waals surface area contributed by atoms with Crippen LogP contribution >= 0.6 is 0 Å². The molecule has 91 heavy (non-hydrogen) atoms. The van der Waals surface area contributed by atoms with E-state index in [9.17, 15) is 19.5 Å². The number of aliphatic carboxylic acids is 1. The van der Waals surface area contributed by atoms with Gasteiger partial charge in [0.1, 0.15) is 13.2 Å². The zero-order valence-corrected chi connectivity index (χ0v) is 60.5. The van der Waals surface area contributed by atoms with E-state index >= 15 is 0 Å². The van der Waals surface area contributed by atoms with E-state index in [1.165, 1.54) is 250 Å². The fourth-order valence-electron chi connectivity index (χ4n) is 11.3. The lowest BCUT2D eigenvalue weighted by Crippen LogP contribution is -2.40. The van der Waals surface area contributed by atoms with Crippen LogP contribution in [0.15, 0.2) is 85.1 Å². The number of likely N-dealkylation sites (N-methyl/N-ethyl adjacent to an activating group) is 1. The third kappa shape index (κ3) is 73.7. The van der Waals surface area contributed by atoms with Gasteiger partial charge in [-0.15, -0.1) is 0 Å². The van der Waals surface area contributed by atoms with Gasteiger partial charge in [-0.2, -0.15) is 0 Å². The van der Waals surface area contributed by atoms with Crippen LogP contribution in [0.3, 0.4) is 0 Å². The molecule has 0 aromatic carbocycles. The first-order valence-corrected chi connectivity index (χ1v) is 38.8. The molecule has 528 valence electrons. The minimum Gasteiger partial charge on any atom is -0.477 e. The van der Waals surface area contributed by atoms with Crippen LogP contribution in [0.2, 0.25) is 0 Å². The van der Waals surface area contributed by atoms with Gasteiger partial charge < -0.3 is 28.5 Å². The fraction of sp³-hybridized carbons (Fsp3) is 0.793. The highest BCUT2D eigenvalue weighted by Gasteiger charge is 2.25. The van der Waals surface area contributed by atoms with E-state index in [4.69, 9.17) is 18.9 Å².